The van der Waals surface area contributed by atoms with Crippen molar-refractivity contribution in [2.45, 2.75) is 12.4 Å². The summed E-state index contributed by atoms with van der Waals surface area (Å²) in [5.41, 5.74) is -5.65. The lowest BCUT2D eigenvalue weighted by Crippen LogP contribution is -2.28. The quantitative estimate of drug-likeness (QED) is 0.483. The summed E-state index contributed by atoms with van der Waals surface area (Å²) in [4.78, 5) is 11.3. The van der Waals surface area contributed by atoms with E-state index in [1.54, 1.807) is 6.92 Å². The number of alkyl halides is 3. The smallest absolute Gasteiger partial charge is 0.462 e. The average Bonchev–Trinajstić information content (AvgIpc) is 2.27. The Morgan fingerprint density at radius 2 is 1.95 bits per heavy atom. The van der Waals surface area contributed by atoms with Crippen LogP contribution in [0.4, 0.5) is 13.2 Å². The van der Waals surface area contributed by atoms with Gasteiger partial charge in [-0.3, -0.25) is 0 Å². The number of ether oxygens (including phenoxy) is 1. The van der Waals surface area contributed by atoms with Crippen LogP contribution >= 0.6 is 0 Å². The van der Waals surface area contributed by atoms with Crippen molar-refractivity contribution in [3.8, 4) is 5.75 Å². The fourth-order valence-electron chi connectivity index (χ4n) is 1.06. The lowest BCUT2D eigenvalue weighted by Gasteiger charge is -2.10. The molecule has 0 spiro atoms. The van der Waals surface area contributed by atoms with Crippen molar-refractivity contribution in [3.63, 3.8) is 0 Å². The van der Waals surface area contributed by atoms with E-state index in [0.29, 0.717) is 0 Å². The summed E-state index contributed by atoms with van der Waals surface area (Å²) in [6, 6.07) is 4.26. The fraction of sp³-hybridized carbons (Fsp3) is 0.300. The molecule has 19 heavy (non-hydrogen) atoms. The van der Waals surface area contributed by atoms with E-state index in [2.05, 4.69) is 8.92 Å². The standard InChI is InChI=1S/C10H9F3O5S/c1-2-17-9(14)7-4-3-5-8(6-7)18-19(15,16)10(11,12)13/h3-6H,2H2,1H3. The molecule has 0 saturated carbocycles. The summed E-state index contributed by atoms with van der Waals surface area (Å²) in [5, 5.41) is 0. The Kier molecular flexibility index (Phi) is 4.40. The van der Waals surface area contributed by atoms with Crippen LogP contribution in [-0.2, 0) is 14.9 Å². The highest BCUT2D eigenvalue weighted by molar-refractivity contribution is 7.87. The molecule has 106 valence electrons. The summed E-state index contributed by atoms with van der Waals surface area (Å²) in [5.74, 6) is -1.42. The number of halogens is 3. The van der Waals surface area contributed by atoms with Gasteiger partial charge in [0.1, 0.15) is 5.75 Å². The Labute approximate surface area is 107 Å². The molecule has 1 aromatic rings. The van der Waals surface area contributed by atoms with Crippen molar-refractivity contribution in [3.05, 3.63) is 29.8 Å². The molecule has 0 aliphatic heterocycles. The van der Waals surface area contributed by atoms with Gasteiger partial charge >= 0.3 is 21.6 Å². The lowest BCUT2D eigenvalue weighted by molar-refractivity contribution is -0.0500. The highest BCUT2D eigenvalue weighted by Gasteiger charge is 2.48. The predicted octanol–water partition coefficient (Wildman–Crippen LogP) is 2.09. The third kappa shape index (κ3) is 3.85. The first-order chi connectivity index (χ1) is 8.67. The van der Waals surface area contributed by atoms with Crippen LogP contribution in [0.25, 0.3) is 0 Å². The van der Waals surface area contributed by atoms with E-state index in [9.17, 15) is 26.4 Å². The highest BCUT2D eigenvalue weighted by Crippen LogP contribution is 2.27. The molecule has 0 atom stereocenters. The van der Waals surface area contributed by atoms with Crippen LogP contribution in [0.1, 0.15) is 17.3 Å². The Morgan fingerprint density at radius 1 is 1.32 bits per heavy atom. The third-order valence-corrected chi connectivity index (χ3v) is 2.81. The minimum atomic E-state index is -5.76. The SMILES string of the molecule is CCOC(=O)c1cccc(OS(=O)(=O)C(F)(F)F)c1. The summed E-state index contributed by atoms with van der Waals surface area (Å²) < 4.78 is 66.3. The van der Waals surface area contributed by atoms with Gasteiger partial charge < -0.3 is 8.92 Å². The third-order valence-electron chi connectivity index (χ3n) is 1.83. The van der Waals surface area contributed by atoms with Crippen molar-refractivity contribution in [2.75, 3.05) is 6.61 Å². The molecule has 0 radical (unpaired) electrons. The first kappa shape index (κ1) is 15.3. The average molecular weight is 298 g/mol. The van der Waals surface area contributed by atoms with Crippen LogP contribution in [-0.4, -0.2) is 26.5 Å². The van der Waals surface area contributed by atoms with Crippen molar-refractivity contribution in [2.24, 2.45) is 0 Å². The number of benzene rings is 1. The minimum absolute atomic E-state index is 0.0742. The van der Waals surface area contributed by atoms with Gasteiger partial charge in [0.15, 0.2) is 0 Å². The Morgan fingerprint density at radius 3 is 2.47 bits per heavy atom. The Balaban J connectivity index is 2.99. The zero-order valence-corrected chi connectivity index (χ0v) is 10.4. The molecule has 0 aliphatic carbocycles. The van der Waals surface area contributed by atoms with Gasteiger partial charge in [-0.1, -0.05) is 6.07 Å². The maximum atomic E-state index is 12.1. The zero-order valence-electron chi connectivity index (χ0n) is 9.60. The van der Waals surface area contributed by atoms with Gasteiger partial charge in [-0.2, -0.15) is 21.6 Å². The molecule has 0 fully saturated rings. The minimum Gasteiger partial charge on any atom is -0.462 e. The molecule has 0 N–H and O–H groups in total. The second-order valence-corrected chi connectivity index (χ2v) is 4.77. The molecule has 1 aromatic carbocycles. The highest BCUT2D eigenvalue weighted by atomic mass is 32.2. The van der Waals surface area contributed by atoms with Crippen LogP contribution in [0.2, 0.25) is 0 Å². The van der Waals surface area contributed by atoms with E-state index < -0.39 is 27.3 Å². The van der Waals surface area contributed by atoms with Crippen molar-refractivity contribution < 1.29 is 35.3 Å². The number of carbonyl (C=O) groups excluding carboxylic acids is 1. The zero-order chi connectivity index (χ0) is 14.7. The molecule has 0 aromatic heterocycles. The van der Waals surface area contributed by atoms with Crippen LogP contribution < -0.4 is 4.18 Å². The van der Waals surface area contributed by atoms with Crippen LogP contribution in [0.5, 0.6) is 5.75 Å². The predicted molar refractivity (Wildman–Crippen MR) is 58.0 cm³/mol. The number of hydrogen-bond acceptors (Lipinski definition) is 5. The summed E-state index contributed by atoms with van der Waals surface area (Å²) in [6.07, 6.45) is 0. The van der Waals surface area contributed by atoms with Gasteiger partial charge in [0.05, 0.1) is 12.2 Å². The topological polar surface area (TPSA) is 69.7 Å². The maximum Gasteiger partial charge on any atom is 0.534 e. The molecule has 0 bridgehead atoms. The largest absolute Gasteiger partial charge is 0.534 e. The Bertz CT molecular complexity index is 565. The summed E-state index contributed by atoms with van der Waals surface area (Å²) >= 11 is 0. The van der Waals surface area contributed by atoms with E-state index in [1.807, 2.05) is 0 Å². The number of esters is 1. The van der Waals surface area contributed by atoms with Gasteiger partial charge in [0.2, 0.25) is 0 Å². The normalized spacial score (nSPS) is 12.0. The van der Waals surface area contributed by atoms with Crippen LogP contribution in [0.15, 0.2) is 24.3 Å². The Hall–Kier alpha value is -1.77. The lowest BCUT2D eigenvalue weighted by atomic mass is 10.2. The molecular formula is C10H9F3O5S. The molecule has 0 aliphatic rings. The first-order valence-electron chi connectivity index (χ1n) is 4.95. The molecule has 9 heteroatoms. The van der Waals surface area contributed by atoms with Crippen LogP contribution in [0.3, 0.4) is 0 Å². The van der Waals surface area contributed by atoms with Gasteiger partial charge in [0.25, 0.3) is 0 Å². The molecule has 1 rings (SSSR count). The first-order valence-corrected chi connectivity index (χ1v) is 6.36. The summed E-state index contributed by atoms with van der Waals surface area (Å²) in [6.45, 7) is 1.62. The fourth-order valence-corrected chi connectivity index (χ4v) is 1.51. The molecule has 0 heterocycles. The number of rotatable bonds is 4. The molecule has 0 amide bonds. The van der Waals surface area contributed by atoms with Crippen molar-refractivity contribution in [1.29, 1.82) is 0 Å². The van der Waals surface area contributed by atoms with Gasteiger partial charge in [-0.05, 0) is 25.1 Å². The monoisotopic (exact) mass is 298 g/mol. The van der Waals surface area contributed by atoms with Gasteiger partial charge in [-0.15, -0.1) is 0 Å². The molecule has 0 saturated heterocycles. The van der Waals surface area contributed by atoms with E-state index in [1.165, 1.54) is 12.1 Å². The maximum absolute atomic E-state index is 12.1. The molecule has 0 unspecified atom stereocenters. The van der Waals surface area contributed by atoms with E-state index in [0.717, 1.165) is 12.1 Å². The number of carbonyl (C=O) groups is 1. The summed E-state index contributed by atoms with van der Waals surface area (Å²) in [7, 11) is -5.76. The van der Waals surface area contributed by atoms with E-state index >= 15 is 0 Å². The van der Waals surface area contributed by atoms with Crippen LogP contribution in [0, 0.1) is 0 Å². The number of hydrogen-bond donors (Lipinski definition) is 0. The molecular weight excluding hydrogens is 289 g/mol. The van der Waals surface area contributed by atoms with E-state index in [-0.39, 0.29) is 12.2 Å². The van der Waals surface area contributed by atoms with Crippen molar-refractivity contribution >= 4 is 16.1 Å². The second-order valence-electron chi connectivity index (χ2n) is 3.23. The van der Waals surface area contributed by atoms with Gasteiger partial charge in [-0.25, -0.2) is 4.79 Å². The molecule has 5 nitrogen and oxygen atoms in total. The van der Waals surface area contributed by atoms with E-state index in [4.69, 9.17) is 0 Å². The van der Waals surface area contributed by atoms with Crippen molar-refractivity contribution in [1.82, 2.24) is 0 Å². The second kappa shape index (κ2) is 5.47. The van der Waals surface area contributed by atoms with Gasteiger partial charge in [0, 0.05) is 0 Å².